The van der Waals surface area contributed by atoms with Crippen molar-refractivity contribution >= 4 is 23.1 Å². The quantitative estimate of drug-likeness (QED) is 0.690. The van der Waals surface area contributed by atoms with Crippen LogP contribution in [-0.2, 0) is 4.74 Å². The van der Waals surface area contributed by atoms with Gasteiger partial charge in [0.2, 0.25) is 0 Å². The third-order valence-electron chi connectivity index (χ3n) is 2.19. The Morgan fingerprint density at radius 1 is 1.60 bits per heavy atom. The number of halogens is 1. The highest BCUT2D eigenvalue weighted by molar-refractivity contribution is 6.32. The third-order valence-corrected chi connectivity index (χ3v) is 2.46. The van der Waals surface area contributed by atoms with Crippen molar-refractivity contribution in [3.8, 4) is 0 Å². The van der Waals surface area contributed by atoms with Crippen LogP contribution in [0.5, 0.6) is 0 Å². The van der Waals surface area contributed by atoms with Crippen LogP contribution in [0.4, 0.5) is 0 Å². The first-order valence-corrected chi connectivity index (χ1v) is 4.59. The molecule has 0 aromatic carbocycles. The van der Waals surface area contributed by atoms with Crippen molar-refractivity contribution in [2.75, 3.05) is 7.11 Å². The average Bonchev–Trinajstić information content (AvgIpc) is 2.56. The van der Waals surface area contributed by atoms with Crippen molar-refractivity contribution in [3.63, 3.8) is 0 Å². The Morgan fingerprint density at radius 3 is 2.93 bits per heavy atom. The molecule has 2 aromatic heterocycles. The topological polar surface area (TPSA) is 56.5 Å². The van der Waals surface area contributed by atoms with Gasteiger partial charge in [-0.1, -0.05) is 11.6 Å². The van der Waals surface area contributed by atoms with E-state index in [1.165, 1.54) is 18.0 Å². The first-order chi connectivity index (χ1) is 7.15. The van der Waals surface area contributed by atoms with Crippen molar-refractivity contribution in [3.05, 3.63) is 28.8 Å². The Bertz CT molecular complexity index is 535. The fourth-order valence-electron chi connectivity index (χ4n) is 1.43. The molecule has 0 aliphatic carbocycles. The molecule has 2 aromatic rings. The SMILES string of the molecule is COC(=O)c1cn2ncnc(Cl)c2c1C. The molecule has 6 heteroatoms. The van der Waals surface area contributed by atoms with Crippen LogP contribution >= 0.6 is 11.6 Å². The molecule has 0 radical (unpaired) electrons. The molecule has 0 saturated heterocycles. The Balaban J connectivity index is 2.75. The molecular formula is C9H8ClN3O2. The molecule has 0 aliphatic rings. The van der Waals surface area contributed by atoms with Crippen LogP contribution in [-0.4, -0.2) is 27.7 Å². The summed E-state index contributed by atoms with van der Waals surface area (Å²) in [5.41, 5.74) is 1.78. The number of rotatable bonds is 1. The van der Waals surface area contributed by atoms with Crippen LogP contribution in [0.2, 0.25) is 5.15 Å². The van der Waals surface area contributed by atoms with Gasteiger partial charge in [-0.05, 0) is 12.5 Å². The maximum Gasteiger partial charge on any atom is 0.339 e. The first kappa shape index (κ1) is 9.92. The largest absolute Gasteiger partial charge is 0.465 e. The minimum Gasteiger partial charge on any atom is -0.465 e. The highest BCUT2D eigenvalue weighted by atomic mass is 35.5. The van der Waals surface area contributed by atoms with Gasteiger partial charge in [0.25, 0.3) is 0 Å². The zero-order valence-corrected chi connectivity index (χ0v) is 8.95. The van der Waals surface area contributed by atoms with Gasteiger partial charge in [0, 0.05) is 6.20 Å². The molecule has 0 atom stereocenters. The van der Waals surface area contributed by atoms with E-state index in [1.807, 2.05) is 0 Å². The molecule has 0 amide bonds. The van der Waals surface area contributed by atoms with Crippen molar-refractivity contribution < 1.29 is 9.53 Å². The normalized spacial score (nSPS) is 10.6. The van der Waals surface area contributed by atoms with Gasteiger partial charge in [0.05, 0.1) is 12.7 Å². The number of carbonyl (C=O) groups excluding carboxylic acids is 1. The summed E-state index contributed by atoms with van der Waals surface area (Å²) < 4.78 is 6.15. The van der Waals surface area contributed by atoms with Gasteiger partial charge in [-0.25, -0.2) is 14.3 Å². The summed E-state index contributed by atoms with van der Waals surface area (Å²) in [6.07, 6.45) is 2.90. The minimum atomic E-state index is -0.408. The highest BCUT2D eigenvalue weighted by Crippen LogP contribution is 2.22. The van der Waals surface area contributed by atoms with E-state index in [0.29, 0.717) is 21.8 Å². The Kier molecular flexibility index (Phi) is 2.32. The first-order valence-electron chi connectivity index (χ1n) is 4.22. The van der Waals surface area contributed by atoms with Gasteiger partial charge in [-0.2, -0.15) is 5.10 Å². The van der Waals surface area contributed by atoms with Crippen molar-refractivity contribution in [2.24, 2.45) is 0 Å². The summed E-state index contributed by atoms with van der Waals surface area (Å²) in [6.45, 7) is 1.77. The van der Waals surface area contributed by atoms with E-state index in [-0.39, 0.29) is 0 Å². The lowest BCUT2D eigenvalue weighted by Gasteiger charge is -1.96. The summed E-state index contributed by atoms with van der Waals surface area (Å²) >= 11 is 5.90. The standard InChI is InChI=1S/C9H8ClN3O2/c1-5-6(9(14)15-2)3-13-7(5)8(10)11-4-12-13/h3-4H,1-2H3. The van der Waals surface area contributed by atoms with E-state index in [1.54, 1.807) is 13.1 Å². The maximum absolute atomic E-state index is 11.4. The lowest BCUT2D eigenvalue weighted by Crippen LogP contribution is -2.00. The molecule has 0 bridgehead atoms. The van der Waals surface area contributed by atoms with E-state index >= 15 is 0 Å². The van der Waals surface area contributed by atoms with Crippen LogP contribution in [0.25, 0.3) is 5.52 Å². The van der Waals surface area contributed by atoms with Crippen LogP contribution in [0.3, 0.4) is 0 Å². The fourth-order valence-corrected chi connectivity index (χ4v) is 1.70. The zero-order chi connectivity index (χ0) is 11.0. The second-order valence-electron chi connectivity index (χ2n) is 3.00. The molecule has 78 valence electrons. The van der Waals surface area contributed by atoms with Crippen LogP contribution in [0, 0.1) is 6.92 Å². The van der Waals surface area contributed by atoms with Gasteiger partial charge in [0.1, 0.15) is 11.8 Å². The predicted molar refractivity (Wildman–Crippen MR) is 54.1 cm³/mol. The number of hydrogen-bond donors (Lipinski definition) is 0. The second-order valence-corrected chi connectivity index (χ2v) is 3.36. The molecule has 15 heavy (non-hydrogen) atoms. The number of esters is 1. The van der Waals surface area contributed by atoms with E-state index < -0.39 is 5.97 Å². The monoisotopic (exact) mass is 225 g/mol. The van der Waals surface area contributed by atoms with E-state index in [0.717, 1.165) is 0 Å². The second kappa shape index (κ2) is 3.51. The molecule has 0 spiro atoms. The molecule has 2 rings (SSSR count). The molecule has 0 aliphatic heterocycles. The zero-order valence-electron chi connectivity index (χ0n) is 8.19. The lowest BCUT2D eigenvalue weighted by atomic mass is 10.2. The van der Waals surface area contributed by atoms with E-state index in [4.69, 9.17) is 11.6 Å². The predicted octanol–water partition coefficient (Wildman–Crippen LogP) is 1.48. The Morgan fingerprint density at radius 2 is 2.33 bits per heavy atom. The summed E-state index contributed by atoms with van der Waals surface area (Å²) in [5.74, 6) is -0.408. The van der Waals surface area contributed by atoms with Gasteiger partial charge in [0.15, 0.2) is 5.15 Å². The number of ether oxygens (including phenoxy) is 1. The number of carbonyl (C=O) groups is 1. The summed E-state index contributed by atoms with van der Waals surface area (Å²) in [5, 5.41) is 4.27. The number of hydrogen-bond acceptors (Lipinski definition) is 4. The van der Waals surface area contributed by atoms with Gasteiger partial charge >= 0.3 is 5.97 Å². The minimum absolute atomic E-state index is 0.317. The number of methoxy groups -OCH3 is 1. The Hall–Kier alpha value is -1.62. The number of aromatic nitrogens is 3. The van der Waals surface area contributed by atoms with Gasteiger partial charge in [-0.15, -0.1) is 0 Å². The highest BCUT2D eigenvalue weighted by Gasteiger charge is 2.16. The van der Waals surface area contributed by atoms with Crippen molar-refractivity contribution in [1.82, 2.24) is 14.6 Å². The van der Waals surface area contributed by atoms with Crippen molar-refractivity contribution in [1.29, 1.82) is 0 Å². The number of fused-ring (bicyclic) bond motifs is 1. The van der Waals surface area contributed by atoms with Crippen LogP contribution < -0.4 is 0 Å². The lowest BCUT2D eigenvalue weighted by molar-refractivity contribution is 0.0600. The van der Waals surface area contributed by atoms with Crippen LogP contribution in [0.1, 0.15) is 15.9 Å². The van der Waals surface area contributed by atoms with Crippen molar-refractivity contribution in [2.45, 2.75) is 6.92 Å². The summed E-state index contributed by atoms with van der Waals surface area (Å²) in [7, 11) is 1.33. The van der Waals surface area contributed by atoms with E-state index in [9.17, 15) is 4.79 Å². The smallest absolute Gasteiger partial charge is 0.339 e. The van der Waals surface area contributed by atoms with Gasteiger partial charge < -0.3 is 4.74 Å². The molecule has 0 saturated carbocycles. The molecule has 0 N–H and O–H groups in total. The summed E-state index contributed by atoms with van der Waals surface area (Å²) in [6, 6.07) is 0. The average molecular weight is 226 g/mol. The molecule has 5 nitrogen and oxygen atoms in total. The molecule has 2 heterocycles. The van der Waals surface area contributed by atoms with Gasteiger partial charge in [-0.3, -0.25) is 0 Å². The molecule has 0 unspecified atom stereocenters. The number of nitrogens with zero attached hydrogens (tertiary/aromatic N) is 3. The summed E-state index contributed by atoms with van der Waals surface area (Å²) in [4.78, 5) is 15.2. The third kappa shape index (κ3) is 1.45. The fraction of sp³-hybridized carbons (Fsp3) is 0.222. The van der Waals surface area contributed by atoms with Crippen LogP contribution in [0.15, 0.2) is 12.5 Å². The Labute approximate surface area is 90.6 Å². The maximum atomic E-state index is 11.4. The molecular weight excluding hydrogens is 218 g/mol. The number of aryl methyl sites for hydroxylation is 1. The van der Waals surface area contributed by atoms with E-state index in [2.05, 4.69) is 14.8 Å². The molecule has 0 fully saturated rings.